The lowest BCUT2D eigenvalue weighted by atomic mass is 10.2. The molecule has 0 unspecified atom stereocenters. The Hall–Kier alpha value is -2.87. The van der Waals surface area contributed by atoms with Gasteiger partial charge in [0.2, 0.25) is 5.91 Å². The number of esters is 1. The van der Waals surface area contributed by atoms with Gasteiger partial charge in [-0.25, -0.2) is 4.79 Å². The number of carbonyl (C=O) groups is 3. The Kier molecular flexibility index (Phi) is 6.74. The maximum absolute atomic E-state index is 12.4. The standard InChI is InChI=1S/C18H23N3O5/c1-3-4-15(23)19-12-5-7-13(8-6-12)20-16-14(18(25)26-2)11-21(9-10-22)17(16)24/h5-8,20,22H,3-4,9-11H2,1-2H3,(H,19,23). The molecule has 0 fully saturated rings. The Labute approximate surface area is 151 Å². The number of carbonyl (C=O) groups excluding carboxylic acids is 3. The number of β-amino-alcohol motifs (C(OH)–C–C–N with tert-alkyl or cyclic N) is 1. The molecule has 0 aromatic heterocycles. The van der Waals surface area contributed by atoms with Crippen molar-refractivity contribution in [2.24, 2.45) is 0 Å². The number of methoxy groups -OCH3 is 1. The number of nitrogens with zero attached hydrogens (tertiary/aromatic N) is 1. The first-order valence-corrected chi connectivity index (χ1v) is 8.38. The van der Waals surface area contributed by atoms with E-state index in [2.05, 4.69) is 10.6 Å². The van der Waals surface area contributed by atoms with Crippen molar-refractivity contribution >= 4 is 29.2 Å². The molecule has 8 nitrogen and oxygen atoms in total. The van der Waals surface area contributed by atoms with Gasteiger partial charge in [0.25, 0.3) is 5.91 Å². The first-order chi connectivity index (χ1) is 12.5. The smallest absolute Gasteiger partial charge is 0.337 e. The summed E-state index contributed by atoms with van der Waals surface area (Å²) < 4.78 is 4.74. The lowest BCUT2D eigenvalue weighted by Gasteiger charge is -2.15. The molecular formula is C18H23N3O5. The minimum absolute atomic E-state index is 0.0606. The molecular weight excluding hydrogens is 338 g/mol. The number of rotatable bonds is 8. The maximum Gasteiger partial charge on any atom is 0.337 e. The number of aliphatic hydroxyl groups is 1. The Bertz CT molecular complexity index is 712. The molecule has 0 aliphatic carbocycles. The summed E-state index contributed by atoms with van der Waals surface area (Å²) in [5, 5.41) is 14.8. The van der Waals surface area contributed by atoms with E-state index in [1.807, 2.05) is 6.92 Å². The van der Waals surface area contributed by atoms with Gasteiger partial charge in [-0.05, 0) is 30.7 Å². The summed E-state index contributed by atoms with van der Waals surface area (Å²) in [6.45, 7) is 1.95. The fraction of sp³-hybridized carbons (Fsp3) is 0.389. The van der Waals surface area contributed by atoms with E-state index in [4.69, 9.17) is 9.84 Å². The Morgan fingerprint density at radius 3 is 2.46 bits per heavy atom. The van der Waals surface area contributed by atoms with E-state index >= 15 is 0 Å². The molecule has 1 heterocycles. The molecule has 1 aromatic rings. The van der Waals surface area contributed by atoms with Crippen molar-refractivity contribution in [1.29, 1.82) is 0 Å². The predicted octanol–water partition coefficient (Wildman–Crippen LogP) is 1.10. The van der Waals surface area contributed by atoms with Crippen LogP contribution in [0.4, 0.5) is 11.4 Å². The third-order valence-corrected chi connectivity index (χ3v) is 3.87. The molecule has 0 saturated carbocycles. The average Bonchev–Trinajstić information content (AvgIpc) is 2.93. The highest BCUT2D eigenvalue weighted by atomic mass is 16.5. The van der Waals surface area contributed by atoms with Crippen LogP contribution >= 0.6 is 0 Å². The SMILES string of the molecule is CCCC(=O)Nc1ccc(NC2=C(C(=O)OC)CN(CCO)C2=O)cc1. The lowest BCUT2D eigenvalue weighted by Crippen LogP contribution is -2.31. The quantitative estimate of drug-likeness (QED) is 0.599. The lowest BCUT2D eigenvalue weighted by molar-refractivity contribution is -0.136. The summed E-state index contributed by atoms with van der Waals surface area (Å²) in [6.07, 6.45) is 1.22. The Morgan fingerprint density at radius 1 is 1.23 bits per heavy atom. The van der Waals surface area contributed by atoms with E-state index in [0.29, 0.717) is 17.8 Å². The number of hydrogen-bond acceptors (Lipinski definition) is 6. The second-order valence-corrected chi connectivity index (χ2v) is 5.80. The molecule has 0 atom stereocenters. The van der Waals surface area contributed by atoms with Gasteiger partial charge >= 0.3 is 5.97 Å². The average molecular weight is 361 g/mol. The van der Waals surface area contributed by atoms with E-state index in [9.17, 15) is 14.4 Å². The van der Waals surface area contributed by atoms with Gasteiger partial charge in [-0.2, -0.15) is 0 Å². The van der Waals surface area contributed by atoms with Gasteiger partial charge < -0.3 is 25.4 Å². The zero-order valence-electron chi connectivity index (χ0n) is 14.9. The Balaban J connectivity index is 2.14. The number of anilines is 2. The molecule has 2 amide bonds. The second kappa shape index (κ2) is 9.00. The van der Waals surface area contributed by atoms with Crippen LogP contribution in [0.3, 0.4) is 0 Å². The molecule has 1 aromatic carbocycles. The molecule has 2 rings (SSSR count). The molecule has 3 N–H and O–H groups in total. The molecule has 0 bridgehead atoms. The molecule has 26 heavy (non-hydrogen) atoms. The minimum atomic E-state index is -0.593. The molecule has 0 spiro atoms. The van der Waals surface area contributed by atoms with Crippen LogP contribution in [0.25, 0.3) is 0 Å². The molecule has 140 valence electrons. The minimum Gasteiger partial charge on any atom is -0.466 e. The highest BCUT2D eigenvalue weighted by Gasteiger charge is 2.34. The van der Waals surface area contributed by atoms with Gasteiger partial charge in [-0.1, -0.05) is 6.92 Å². The van der Waals surface area contributed by atoms with Crippen LogP contribution in [0.2, 0.25) is 0 Å². The van der Waals surface area contributed by atoms with Gasteiger partial charge in [0.15, 0.2) is 0 Å². The summed E-state index contributed by atoms with van der Waals surface area (Å²) in [5.74, 6) is -1.03. The van der Waals surface area contributed by atoms with E-state index < -0.39 is 5.97 Å². The topological polar surface area (TPSA) is 108 Å². The summed E-state index contributed by atoms with van der Waals surface area (Å²) in [4.78, 5) is 37.4. The van der Waals surface area contributed by atoms with Gasteiger partial charge in [-0.3, -0.25) is 9.59 Å². The van der Waals surface area contributed by atoms with Crippen molar-refractivity contribution in [3.05, 3.63) is 35.5 Å². The molecule has 1 aliphatic heterocycles. The summed E-state index contributed by atoms with van der Waals surface area (Å²) in [5.41, 5.74) is 1.59. The first-order valence-electron chi connectivity index (χ1n) is 8.38. The third-order valence-electron chi connectivity index (χ3n) is 3.87. The normalized spacial score (nSPS) is 13.8. The number of amides is 2. The van der Waals surface area contributed by atoms with E-state index in [-0.39, 0.29) is 42.8 Å². The number of benzene rings is 1. The van der Waals surface area contributed by atoms with Crippen LogP contribution in [0, 0.1) is 0 Å². The van der Waals surface area contributed by atoms with E-state index in [0.717, 1.165) is 6.42 Å². The van der Waals surface area contributed by atoms with Crippen LogP contribution in [0.5, 0.6) is 0 Å². The first kappa shape index (κ1) is 19.5. The van der Waals surface area contributed by atoms with Gasteiger partial charge in [0, 0.05) is 24.3 Å². The maximum atomic E-state index is 12.4. The number of hydrogen-bond donors (Lipinski definition) is 3. The van der Waals surface area contributed by atoms with Gasteiger partial charge in [-0.15, -0.1) is 0 Å². The van der Waals surface area contributed by atoms with Crippen molar-refractivity contribution in [2.45, 2.75) is 19.8 Å². The fourth-order valence-electron chi connectivity index (χ4n) is 2.58. The van der Waals surface area contributed by atoms with Gasteiger partial charge in [0.05, 0.1) is 25.8 Å². The number of aliphatic hydroxyl groups excluding tert-OH is 1. The monoisotopic (exact) mass is 361 g/mol. The highest BCUT2D eigenvalue weighted by molar-refractivity contribution is 6.08. The number of nitrogens with one attached hydrogen (secondary N) is 2. The van der Waals surface area contributed by atoms with Crippen LogP contribution in [0.1, 0.15) is 19.8 Å². The van der Waals surface area contributed by atoms with Crippen LogP contribution < -0.4 is 10.6 Å². The molecule has 8 heteroatoms. The van der Waals surface area contributed by atoms with Crippen molar-refractivity contribution in [2.75, 3.05) is 37.4 Å². The summed E-state index contributed by atoms with van der Waals surface area (Å²) in [7, 11) is 1.25. The van der Waals surface area contributed by atoms with Gasteiger partial charge in [0.1, 0.15) is 5.70 Å². The van der Waals surface area contributed by atoms with Crippen LogP contribution in [0.15, 0.2) is 35.5 Å². The molecule has 1 aliphatic rings. The van der Waals surface area contributed by atoms with E-state index in [1.54, 1.807) is 24.3 Å². The molecule has 0 radical (unpaired) electrons. The fourth-order valence-corrected chi connectivity index (χ4v) is 2.58. The zero-order chi connectivity index (χ0) is 19.1. The van der Waals surface area contributed by atoms with Crippen molar-refractivity contribution in [1.82, 2.24) is 4.90 Å². The largest absolute Gasteiger partial charge is 0.466 e. The second-order valence-electron chi connectivity index (χ2n) is 5.80. The predicted molar refractivity (Wildman–Crippen MR) is 96.3 cm³/mol. The summed E-state index contributed by atoms with van der Waals surface area (Å²) in [6, 6.07) is 6.81. The van der Waals surface area contributed by atoms with Crippen molar-refractivity contribution in [3.63, 3.8) is 0 Å². The highest BCUT2D eigenvalue weighted by Crippen LogP contribution is 2.23. The molecule has 0 saturated heterocycles. The Morgan fingerprint density at radius 2 is 1.88 bits per heavy atom. The van der Waals surface area contributed by atoms with Crippen molar-refractivity contribution in [3.8, 4) is 0 Å². The third kappa shape index (κ3) is 4.60. The zero-order valence-corrected chi connectivity index (χ0v) is 14.9. The number of ether oxygens (including phenoxy) is 1. The summed E-state index contributed by atoms with van der Waals surface area (Å²) >= 11 is 0. The van der Waals surface area contributed by atoms with E-state index in [1.165, 1.54) is 12.0 Å². The van der Waals surface area contributed by atoms with Crippen LogP contribution in [-0.2, 0) is 19.1 Å². The van der Waals surface area contributed by atoms with Crippen LogP contribution in [-0.4, -0.2) is 54.6 Å². The van der Waals surface area contributed by atoms with Crippen molar-refractivity contribution < 1.29 is 24.2 Å².